The number of nitrogens with zero attached hydrogens (tertiary/aromatic N) is 2. The summed E-state index contributed by atoms with van der Waals surface area (Å²) < 4.78 is 0. The third kappa shape index (κ3) is 3.88. The second kappa shape index (κ2) is 7.78. The highest BCUT2D eigenvalue weighted by atomic mass is 16.3. The van der Waals surface area contributed by atoms with E-state index in [0.29, 0.717) is 32.6 Å². The van der Waals surface area contributed by atoms with Crippen LogP contribution in [0.2, 0.25) is 0 Å². The summed E-state index contributed by atoms with van der Waals surface area (Å²) in [7, 11) is 0. The molecule has 0 radical (unpaired) electrons. The summed E-state index contributed by atoms with van der Waals surface area (Å²) in [4.78, 5) is 29.2. The maximum absolute atomic E-state index is 12.7. The van der Waals surface area contributed by atoms with Gasteiger partial charge in [-0.1, -0.05) is 12.1 Å². The highest BCUT2D eigenvalue weighted by Crippen LogP contribution is 2.61. The summed E-state index contributed by atoms with van der Waals surface area (Å²) in [6, 6.07) is 7.31. The van der Waals surface area contributed by atoms with Crippen molar-refractivity contribution in [3.63, 3.8) is 0 Å². The Labute approximate surface area is 178 Å². The molecule has 1 heterocycles. The molecule has 5 fully saturated rings. The van der Waals surface area contributed by atoms with E-state index in [0.717, 1.165) is 23.4 Å². The van der Waals surface area contributed by atoms with Gasteiger partial charge >= 0.3 is 0 Å². The molecule has 162 valence electrons. The van der Waals surface area contributed by atoms with Gasteiger partial charge in [0.1, 0.15) is 5.75 Å². The van der Waals surface area contributed by atoms with Crippen molar-refractivity contribution in [3.05, 3.63) is 24.3 Å². The predicted molar refractivity (Wildman–Crippen MR) is 115 cm³/mol. The molecule has 6 nitrogen and oxygen atoms in total. The van der Waals surface area contributed by atoms with Crippen LogP contribution in [-0.2, 0) is 9.59 Å². The van der Waals surface area contributed by atoms with Crippen LogP contribution in [0.25, 0.3) is 0 Å². The average molecular weight is 412 g/mol. The van der Waals surface area contributed by atoms with Crippen molar-refractivity contribution < 1.29 is 14.7 Å². The maximum atomic E-state index is 12.7. The third-order valence-electron chi connectivity index (χ3n) is 7.99. The van der Waals surface area contributed by atoms with Gasteiger partial charge in [-0.3, -0.25) is 9.59 Å². The van der Waals surface area contributed by atoms with Crippen molar-refractivity contribution in [2.75, 3.05) is 37.6 Å². The first-order valence-corrected chi connectivity index (χ1v) is 11.6. The number of hydrogen-bond acceptors (Lipinski definition) is 4. The van der Waals surface area contributed by atoms with Crippen LogP contribution in [0.4, 0.5) is 5.69 Å². The Hall–Kier alpha value is -2.24. The molecule has 6 heteroatoms. The van der Waals surface area contributed by atoms with Gasteiger partial charge in [-0.2, -0.15) is 0 Å². The van der Waals surface area contributed by atoms with E-state index in [1.54, 1.807) is 6.07 Å². The molecule has 2 amide bonds. The molecular weight excluding hydrogens is 378 g/mol. The molecule has 0 spiro atoms. The molecule has 0 aromatic heterocycles. The minimum atomic E-state index is -0.00852. The second-order valence-electron chi connectivity index (χ2n) is 10.2. The van der Waals surface area contributed by atoms with Gasteiger partial charge < -0.3 is 20.2 Å². The van der Waals surface area contributed by atoms with Gasteiger partial charge in [0.15, 0.2) is 0 Å². The topological polar surface area (TPSA) is 72.9 Å². The van der Waals surface area contributed by atoms with Gasteiger partial charge in [0, 0.05) is 32.6 Å². The van der Waals surface area contributed by atoms with E-state index in [9.17, 15) is 14.7 Å². The highest BCUT2D eigenvalue weighted by Gasteiger charge is 2.51. The van der Waals surface area contributed by atoms with Crippen molar-refractivity contribution in [3.8, 4) is 5.75 Å². The molecule has 2 N–H and O–H groups in total. The molecule has 0 unspecified atom stereocenters. The maximum Gasteiger partial charge on any atom is 0.242 e. The Bertz CT molecular complexity index is 780. The molecule has 30 heavy (non-hydrogen) atoms. The van der Waals surface area contributed by atoms with Crippen molar-refractivity contribution in [1.29, 1.82) is 0 Å². The Balaban J connectivity index is 1.09. The smallest absolute Gasteiger partial charge is 0.242 e. The molecular formula is C24H33N3O3. The summed E-state index contributed by atoms with van der Waals surface area (Å²) in [5.74, 6) is 2.83. The minimum Gasteiger partial charge on any atom is -0.506 e. The van der Waals surface area contributed by atoms with E-state index in [2.05, 4.69) is 10.2 Å². The molecule has 5 aliphatic rings. The third-order valence-corrected chi connectivity index (χ3v) is 7.99. The molecule has 4 aliphatic carbocycles. The molecule has 1 aromatic rings. The van der Waals surface area contributed by atoms with Crippen LogP contribution in [0.15, 0.2) is 24.3 Å². The van der Waals surface area contributed by atoms with E-state index in [4.69, 9.17) is 0 Å². The fourth-order valence-electron chi connectivity index (χ4n) is 7.12. The van der Waals surface area contributed by atoms with Gasteiger partial charge in [0.25, 0.3) is 0 Å². The van der Waals surface area contributed by atoms with Gasteiger partial charge in [-0.25, -0.2) is 0 Å². The number of rotatable bonds is 5. The lowest BCUT2D eigenvalue weighted by atomic mass is 9.49. The number of benzene rings is 1. The Kier molecular flexibility index (Phi) is 5.11. The van der Waals surface area contributed by atoms with E-state index in [1.165, 1.54) is 38.5 Å². The first-order valence-electron chi connectivity index (χ1n) is 11.6. The van der Waals surface area contributed by atoms with Crippen LogP contribution in [-0.4, -0.2) is 54.5 Å². The Morgan fingerprint density at radius 3 is 2.17 bits per heavy atom. The first-order chi connectivity index (χ1) is 14.5. The van der Waals surface area contributed by atoms with Crippen molar-refractivity contribution in [1.82, 2.24) is 10.2 Å². The van der Waals surface area contributed by atoms with Gasteiger partial charge in [-0.05, 0) is 73.8 Å². The minimum absolute atomic E-state index is 0.00852. The number of phenolic OH excluding ortho intramolecular Hbond substituents is 1. The van der Waals surface area contributed by atoms with Crippen molar-refractivity contribution in [2.45, 2.75) is 44.9 Å². The molecule has 4 saturated carbocycles. The monoisotopic (exact) mass is 411 g/mol. The quantitative estimate of drug-likeness (QED) is 0.782. The number of hydrogen-bond donors (Lipinski definition) is 2. The van der Waals surface area contributed by atoms with Crippen LogP contribution in [0.3, 0.4) is 0 Å². The number of amides is 2. The Morgan fingerprint density at radius 1 is 0.967 bits per heavy atom. The molecule has 1 aliphatic heterocycles. The van der Waals surface area contributed by atoms with E-state index >= 15 is 0 Å². The molecule has 0 atom stereocenters. The summed E-state index contributed by atoms with van der Waals surface area (Å²) in [5, 5.41) is 13.0. The van der Waals surface area contributed by atoms with Gasteiger partial charge in [-0.15, -0.1) is 0 Å². The zero-order chi connectivity index (χ0) is 20.7. The van der Waals surface area contributed by atoms with E-state index in [-0.39, 0.29) is 29.5 Å². The number of phenols is 1. The fraction of sp³-hybridized carbons (Fsp3) is 0.667. The normalized spacial score (nSPS) is 32.3. The number of anilines is 1. The number of aromatic hydroxyl groups is 1. The number of carbonyl (C=O) groups excluding carboxylic acids is 2. The van der Waals surface area contributed by atoms with Crippen LogP contribution in [0, 0.1) is 23.2 Å². The van der Waals surface area contributed by atoms with Gasteiger partial charge in [0.05, 0.1) is 12.2 Å². The predicted octanol–water partition coefficient (Wildman–Crippen LogP) is 2.76. The summed E-state index contributed by atoms with van der Waals surface area (Å²) in [6.45, 7) is 2.69. The van der Waals surface area contributed by atoms with E-state index < -0.39 is 0 Å². The second-order valence-corrected chi connectivity index (χ2v) is 10.2. The molecule has 6 rings (SSSR count). The molecule has 1 aromatic carbocycles. The number of nitrogens with one attached hydrogen (secondary N) is 1. The SMILES string of the molecule is O=C(CC12CC3CC(CC(C3)C1)C2)NCC(=O)N1CCN(c2ccccc2O)CC1. The summed E-state index contributed by atoms with van der Waals surface area (Å²) in [6.07, 6.45) is 8.40. The van der Waals surface area contributed by atoms with Gasteiger partial charge in [0.2, 0.25) is 11.8 Å². The average Bonchev–Trinajstić information content (AvgIpc) is 2.71. The number of carbonyl (C=O) groups is 2. The zero-order valence-corrected chi connectivity index (χ0v) is 17.7. The molecule has 4 bridgehead atoms. The fourth-order valence-corrected chi connectivity index (χ4v) is 7.12. The zero-order valence-electron chi connectivity index (χ0n) is 17.7. The lowest BCUT2D eigenvalue weighted by Crippen LogP contribution is -2.52. The van der Waals surface area contributed by atoms with Crippen LogP contribution < -0.4 is 10.2 Å². The lowest BCUT2D eigenvalue weighted by molar-refractivity contribution is -0.135. The first kappa shape index (κ1) is 19.7. The lowest BCUT2D eigenvalue weighted by Gasteiger charge is -2.56. The molecule has 1 saturated heterocycles. The standard InChI is InChI=1S/C24H33N3O3/c28-21-4-2-1-3-20(21)26-5-7-27(8-6-26)23(30)16-25-22(29)15-24-12-17-9-18(13-24)11-19(10-17)14-24/h1-4,17-19,28H,5-16H2,(H,25,29). The highest BCUT2D eigenvalue weighted by molar-refractivity contribution is 5.85. The van der Waals surface area contributed by atoms with Crippen LogP contribution >= 0.6 is 0 Å². The van der Waals surface area contributed by atoms with Crippen molar-refractivity contribution >= 4 is 17.5 Å². The number of para-hydroxylation sites is 2. The number of piperazine rings is 1. The van der Waals surface area contributed by atoms with Crippen LogP contribution in [0.5, 0.6) is 5.75 Å². The van der Waals surface area contributed by atoms with Crippen LogP contribution in [0.1, 0.15) is 44.9 Å². The summed E-state index contributed by atoms with van der Waals surface area (Å²) in [5.41, 5.74) is 1.03. The largest absolute Gasteiger partial charge is 0.506 e. The Morgan fingerprint density at radius 2 is 1.57 bits per heavy atom. The van der Waals surface area contributed by atoms with Crippen molar-refractivity contribution in [2.24, 2.45) is 23.2 Å². The summed E-state index contributed by atoms with van der Waals surface area (Å²) >= 11 is 0. The van der Waals surface area contributed by atoms with E-state index in [1.807, 2.05) is 23.1 Å².